The molecule has 140 heavy (non-hydrogen) atoms. The summed E-state index contributed by atoms with van der Waals surface area (Å²) in [4.78, 5) is 208. The Hall–Kier alpha value is -10.1. The molecule has 48 aliphatic rings. The van der Waals surface area contributed by atoms with Crippen LogP contribution in [0, 0.1) is 322 Å². The van der Waals surface area contributed by atoms with Gasteiger partial charge in [0.2, 0.25) is 0 Å². The Labute approximate surface area is 811 Å². The molecule has 0 aromatic carbocycles. The summed E-state index contributed by atoms with van der Waals surface area (Å²) in [7, 11) is 0. The maximum Gasteiger partial charge on any atom is 0.178 e. The third-order valence-electron chi connectivity index (χ3n) is 49.5. The van der Waals surface area contributed by atoms with Gasteiger partial charge in [-0.15, -0.1) is 0 Å². The fraction of sp³-hybridized carbons (Fsp3) is 0.590. The first kappa shape index (κ1) is 83.4. The summed E-state index contributed by atoms with van der Waals surface area (Å²) in [6.07, 6.45) is 78.7. The Morgan fingerprint density at radius 1 is 0.200 bits per heavy atom. The molecule has 35 saturated carbocycles. The molecule has 48 rings (SSSR count). The lowest BCUT2D eigenvalue weighted by molar-refractivity contribution is -0.145. The minimum Gasteiger partial charge on any atom is -0.299 e. The summed E-state index contributed by atoms with van der Waals surface area (Å²) in [6.45, 7) is 0. The van der Waals surface area contributed by atoms with Crippen LogP contribution >= 0.6 is 0 Å². The monoisotopic (exact) mass is 1870 g/mol. The zero-order chi connectivity index (χ0) is 94.3. The van der Waals surface area contributed by atoms with E-state index in [9.17, 15) is 86.3 Å². The molecule has 0 amide bonds. The van der Waals surface area contributed by atoms with E-state index in [1.54, 1.807) is 24.3 Å². The van der Waals surface area contributed by atoms with E-state index in [-0.39, 0.29) is 176 Å². The van der Waals surface area contributed by atoms with Gasteiger partial charge in [0.05, 0.1) is 0 Å². The van der Waals surface area contributed by atoms with Crippen LogP contribution in [0.3, 0.4) is 0 Å². The van der Waals surface area contributed by atoms with E-state index >= 15 is 0 Å². The van der Waals surface area contributed by atoms with E-state index < -0.39 is 0 Å². The minimum atomic E-state index is -0.121. The molecule has 0 N–H and O–H groups in total. The lowest BCUT2D eigenvalue weighted by Gasteiger charge is -2.42. The fourth-order valence-electron chi connectivity index (χ4n) is 46.9. The van der Waals surface area contributed by atoms with Crippen LogP contribution in [0.4, 0.5) is 0 Å². The van der Waals surface area contributed by atoms with Crippen LogP contribution in [0.2, 0.25) is 0 Å². The molecule has 18 nitrogen and oxygen atoms in total. The third kappa shape index (κ3) is 9.45. The number of carbonyl (C=O) groups excluding carboxylic acids is 18. The molecule has 0 heterocycles. The van der Waals surface area contributed by atoms with Crippen molar-refractivity contribution in [1.29, 1.82) is 0 Å². The molecule has 0 aromatic rings. The molecular formula is C122H114O18. The van der Waals surface area contributed by atoms with E-state index in [0.717, 1.165) is 94.7 Å². The lowest BCUT2D eigenvalue weighted by Crippen LogP contribution is -2.47. The van der Waals surface area contributed by atoms with Crippen molar-refractivity contribution in [3.63, 3.8) is 0 Å². The molecule has 0 radical (unpaired) electrons. The Bertz CT molecular complexity index is 5910. The maximum atomic E-state index is 12.4. The smallest absolute Gasteiger partial charge is 0.178 e. The summed E-state index contributed by atoms with van der Waals surface area (Å²) < 4.78 is 0. The highest BCUT2D eigenvalue weighted by atomic mass is 16.2. The van der Waals surface area contributed by atoms with Gasteiger partial charge in [0, 0.05) is 112 Å². The zero-order valence-electron chi connectivity index (χ0n) is 78.1. The first-order valence-electron chi connectivity index (χ1n) is 54.4. The molecule has 710 valence electrons. The first-order valence-corrected chi connectivity index (χ1v) is 54.4. The summed E-state index contributed by atoms with van der Waals surface area (Å²) in [5, 5.41) is 0. The van der Waals surface area contributed by atoms with Crippen LogP contribution in [0.25, 0.3) is 0 Å². The van der Waals surface area contributed by atoms with Crippen molar-refractivity contribution in [2.45, 2.75) is 109 Å². The van der Waals surface area contributed by atoms with Gasteiger partial charge in [-0.3, -0.25) is 86.3 Å². The SMILES string of the molecule is C1=CC2(C=C1)CC2.C1=CC2C=CC1C2.C1=CC2C=CC1CC2.O=C1C2C3C(=O)C4C1C15C2C2CCC1C45C23.O=C1C2C3C(=O)C4C1C15C2C2CCC1C45C23.O=C1C2C3C(=O)C4C1C1C2C3C4C12CC2.O=C1C=CC(=O)C2C1C1C3CCC4C1C4C32.O=C1C=CC(=O)C2C1C1C3CCC4C1C4C32.O=C1C=CC(=O)C2C1C1C=CC2C12CC2.O=C1C=CC(=O)C=C1.O=C1C=CC(=O)C=C1.O=C1C=CC(=O)C=C1. The number of hydrogen-bond donors (Lipinski definition) is 0. The van der Waals surface area contributed by atoms with Crippen LogP contribution < -0.4 is 0 Å². The third-order valence-corrected chi connectivity index (χ3v) is 49.5. The molecule has 32 bridgehead atoms. The fourth-order valence-corrected chi connectivity index (χ4v) is 46.9. The molecule has 48 aliphatic carbocycles. The van der Waals surface area contributed by atoms with Crippen molar-refractivity contribution in [2.24, 2.45) is 322 Å². The largest absolute Gasteiger partial charge is 0.299 e. The van der Waals surface area contributed by atoms with E-state index in [4.69, 9.17) is 0 Å². The van der Waals surface area contributed by atoms with Gasteiger partial charge in [-0.2, -0.15) is 0 Å². The maximum absolute atomic E-state index is 12.4. The van der Waals surface area contributed by atoms with Crippen LogP contribution in [0.5, 0.6) is 0 Å². The predicted octanol–water partition coefficient (Wildman–Crippen LogP) is 13.7. The van der Waals surface area contributed by atoms with Crippen LogP contribution in [-0.2, 0) is 86.3 Å². The summed E-state index contributed by atoms with van der Waals surface area (Å²) in [5.74, 6) is 28.7. The van der Waals surface area contributed by atoms with Gasteiger partial charge in [-0.05, 0) is 429 Å². The summed E-state index contributed by atoms with van der Waals surface area (Å²) in [5.41, 5.74) is 3.19. The number of carbonyl (C=O) groups is 18. The van der Waals surface area contributed by atoms with Crippen molar-refractivity contribution in [3.8, 4) is 0 Å². The standard InChI is InChI=1S/2C14H12O2.2C14H14O2.2C13H12O2.C8H10.2C7H8.3C6H4O2/c2*15-11-5-6-8-3-1-2-4-13(7(3)5)9(11)10(12(6)16)14(4,8)13;2*15-7-3-4-8(16)14-12-6-2-1-5-9(10(5)12)11(6)13(7)14;14-11-5-3-4-6(5)12(15)8-7(11)9(3)13(1-2-13)10(4)8;14-9-3-4-10(15)12-8-2-1-7(11(9)12)13(8)5-6-13;1-2-8-5-3-7(1)4-6-8;1-2-7-4-3-6(1)5-7;1-2-4-7(3-1)5-6-7;3*7-5-1-2-6(8)4-3-5/h2*3-10H,1-2H2;2*3-6,9-14H,1-2H2;3-10H,1-2H2;1-4,7-8,11-12H,5-6H2;1-3,5,7-8H,4,6H2;1-4,6-7H,5H2;1-4H,5-6H2;3*1-4H. The molecule has 40 unspecified atom stereocenters. The van der Waals surface area contributed by atoms with Gasteiger partial charge in [0.15, 0.2) is 69.4 Å². The number of fused-ring (bicyclic) bond motifs is 18. The molecule has 7 spiro atoms. The van der Waals surface area contributed by atoms with E-state index in [1.807, 2.05) is 0 Å². The number of rotatable bonds is 0. The Morgan fingerprint density at radius 3 is 0.700 bits per heavy atom. The van der Waals surface area contributed by atoms with Crippen molar-refractivity contribution in [1.82, 2.24) is 0 Å². The number of hydrogen-bond acceptors (Lipinski definition) is 18. The van der Waals surface area contributed by atoms with Crippen molar-refractivity contribution >= 4 is 104 Å². The van der Waals surface area contributed by atoms with Gasteiger partial charge in [0.25, 0.3) is 0 Å². The molecule has 35 fully saturated rings. The average Bonchev–Trinajstić information content (AvgIpc) is 1.36. The topological polar surface area (TPSA) is 307 Å². The van der Waals surface area contributed by atoms with Crippen LogP contribution in [-0.4, -0.2) is 104 Å². The van der Waals surface area contributed by atoms with E-state index in [1.165, 1.54) is 194 Å². The lowest BCUT2D eigenvalue weighted by atomic mass is 9.59. The Morgan fingerprint density at radius 2 is 0.457 bits per heavy atom. The summed E-state index contributed by atoms with van der Waals surface area (Å²) >= 11 is 0. The van der Waals surface area contributed by atoms with E-state index in [2.05, 4.69) is 85.1 Å². The highest BCUT2D eigenvalue weighted by molar-refractivity contribution is 6.18. The van der Waals surface area contributed by atoms with Gasteiger partial charge in [-0.25, -0.2) is 0 Å². The van der Waals surface area contributed by atoms with Gasteiger partial charge in [-0.1, -0.05) is 85.1 Å². The molecule has 0 aliphatic heterocycles. The van der Waals surface area contributed by atoms with Gasteiger partial charge in [0.1, 0.15) is 34.7 Å². The molecule has 0 saturated heterocycles. The Kier molecular flexibility index (Phi) is 16.1. The number of Topliss-reactive ketones (excluding diaryl/α,β-unsaturated/α-hetero) is 6. The normalized spacial score (nSPS) is 56.0. The van der Waals surface area contributed by atoms with Crippen molar-refractivity contribution in [2.75, 3.05) is 0 Å². The number of allylic oxidation sites excluding steroid dienone is 32. The number of ketones is 18. The molecule has 0 aromatic heterocycles. The van der Waals surface area contributed by atoms with Crippen LogP contribution in [0.15, 0.2) is 194 Å². The highest BCUT2D eigenvalue weighted by Gasteiger charge is 3.12. The van der Waals surface area contributed by atoms with Crippen molar-refractivity contribution < 1.29 is 86.3 Å². The second-order valence-corrected chi connectivity index (χ2v) is 51.9. The minimum absolute atomic E-state index is 0.0139. The van der Waals surface area contributed by atoms with Gasteiger partial charge >= 0.3 is 0 Å². The highest BCUT2D eigenvalue weighted by Crippen LogP contribution is 3.10. The predicted molar refractivity (Wildman–Crippen MR) is 499 cm³/mol. The van der Waals surface area contributed by atoms with Crippen LogP contribution in [0.1, 0.15) is 109 Å². The van der Waals surface area contributed by atoms with E-state index in [0.29, 0.717) is 155 Å². The zero-order valence-corrected chi connectivity index (χ0v) is 78.1. The Balaban J connectivity index is 0.0000000700. The molecular weight excluding hydrogens is 1750 g/mol. The molecule has 18 heteroatoms. The second-order valence-electron chi connectivity index (χ2n) is 51.9. The quantitative estimate of drug-likeness (QED) is 0.161. The second kappa shape index (κ2) is 27.1. The first-order chi connectivity index (χ1) is 67.8. The summed E-state index contributed by atoms with van der Waals surface area (Å²) in [6, 6.07) is 0. The van der Waals surface area contributed by atoms with Crippen molar-refractivity contribution in [3.05, 3.63) is 194 Å². The average molecular weight is 1870 g/mol. The van der Waals surface area contributed by atoms with Gasteiger partial charge < -0.3 is 0 Å². The molecule has 40 atom stereocenters.